The number of nitrogens with one attached hydrogen (secondary N) is 1. The fourth-order valence-corrected chi connectivity index (χ4v) is 2.24. The molecule has 0 bridgehead atoms. The van der Waals surface area contributed by atoms with Crippen LogP contribution >= 0.6 is 11.8 Å². The molecule has 0 amide bonds. The maximum absolute atomic E-state index is 11.4. The Morgan fingerprint density at radius 2 is 2.29 bits per heavy atom. The maximum Gasteiger partial charge on any atom is 0.343 e. The van der Waals surface area contributed by atoms with Crippen LogP contribution in [0.5, 0.6) is 0 Å². The molecule has 0 spiro atoms. The summed E-state index contributed by atoms with van der Waals surface area (Å²) >= 11 is 1.29. The van der Waals surface area contributed by atoms with Gasteiger partial charge in [-0.2, -0.15) is 0 Å². The molecule has 2 aromatic heterocycles. The Hall–Kier alpha value is -1.83. The zero-order chi connectivity index (χ0) is 12.4. The Morgan fingerprint density at radius 3 is 3.00 bits per heavy atom. The average Bonchev–Trinajstić information content (AvgIpc) is 2.66. The maximum atomic E-state index is 11.4. The van der Waals surface area contributed by atoms with Crippen molar-refractivity contribution >= 4 is 17.6 Å². The van der Waals surface area contributed by atoms with Crippen LogP contribution in [0.2, 0.25) is 0 Å². The molecule has 2 aromatic rings. The van der Waals surface area contributed by atoms with Crippen molar-refractivity contribution in [2.45, 2.75) is 30.6 Å². The monoisotopic (exact) mass is 252 g/mol. The second-order valence-electron chi connectivity index (χ2n) is 3.35. The number of nitrogen functional groups attached to an aromatic ring is 1. The van der Waals surface area contributed by atoms with Crippen LogP contribution in [0.4, 0.5) is 5.82 Å². The molecule has 0 atom stereocenters. The third kappa shape index (κ3) is 2.16. The van der Waals surface area contributed by atoms with Gasteiger partial charge in [0, 0.05) is 12.1 Å². The summed E-state index contributed by atoms with van der Waals surface area (Å²) in [4.78, 5) is 19.4. The molecule has 0 radical (unpaired) electrons. The molecule has 0 aromatic carbocycles. The summed E-state index contributed by atoms with van der Waals surface area (Å²) in [5.41, 5.74) is 6.25. The van der Waals surface area contributed by atoms with Crippen LogP contribution < -0.4 is 11.4 Å². The highest BCUT2D eigenvalue weighted by atomic mass is 32.2. The van der Waals surface area contributed by atoms with Gasteiger partial charge in [-0.05, 0) is 25.6 Å². The molecule has 7 nitrogen and oxygen atoms in total. The van der Waals surface area contributed by atoms with E-state index in [0.29, 0.717) is 22.5 Å². The van der Waals surface area contributed by atoms with Crippen molar-refractivity contribution in [2.24, 2.45) is 0 Å². The van der Waals surface area contributed by atoms with E-state index >= 15 is 0 Å². The van der Waals surface area contributed by atoms with Crippen LogP contribution in [0.1, 0.15) is 12.5 Å². The highest BCUT2D eigenvalue weighted by Crippen LogP contribution is 2.27. The van der Waals surface area contributed by atoms with Crippen LogP contribution in [0.3, 0.4) is 0 Å². The van der Waals surface area contributed by atoms with Gasteiger partial charge in [0.25, 0.3) is 0 Å². The number of rotatable bonds is 3. The van der Waals surface area contributed by atoms with Gasteiger partial charge in [-0.3, -0.25) is 4.57 Å². The van der Waals surface area contributed by atoms with E-state index in [2.05, 4.69) is 20.2 Å². The highest BCUT2D eigenvalue weighted by Gasteiger charge is 2.12. The number of nitrogens with two attached hydrogens (primary N) is 1. The lowest BCUT2D eigenvalue weighted by Crippen LogP contribution is -2.16. The first-order chi connectivity index (χ1) is 8.13. The first-order valence-corrected chi connectivity index (χ1v) is 5.85. The smallest absolute Gasteiger partial charge is 0.343 e. The van der Waals surface area contributed by atoms with Gasteiger partial charge in [-0.15, -0.1) is 5.10 Å². The molecule has 8 heteroatoms. The molecule has 0 aliphatic carbocycles. The molecule has 3 N–H and O–H groups in total. The van der Waals surface area contributed by atoms with Crippen LogP contribution in [0.15, 0.2) is 21.3 Å². The molecule has 17 heavy (non-hydrogen) atoms. The fraction of sp³-hybridized carbons (Fsp3) is 0.333. The molecule has 0 unspecified atom stereocenters. The van der Waals surface area contributed by atoms with Crippen molar-refractivity contribution in [1.82, 2.24) is 24.7 Å². The summed E-state index contributed by atoms with van der Waals surface area (Å²) in [5, 5.41) is 7.61. The zero-order valence-corrected chi connectivity index (χ0v) is 10.3. The Balaban J connectivity index is 2.38. The first-order valence-electron chi connectivity index (χ1n) is 5.03. The Morgan fingerprint density at radius 1 is 1.53 bits per heavy atom. The van der Waals surface area contributed by atoms with E-state index in [-0.39, 0.29) is 5.69 Å². The summed E-state index contributed by atoms with van der Waals surface area (Å²) in [7, 11) is 0. The highest BCUT2D eigenvalue weighted by molar-refractivity contribution is 7.99. The Bertz CT molecular complexity index is 589. The molecule has 0 saturated carbocycles. The summed E-state index contributed by atoms with van der Waals surface area (Å²) in [5.74, 6) is 0.434. The second-order valence-corrected chi connectivity index (χ2v) is 4.30. The SMILES string of the molecule is CCn1c(Sc2ncnc(N)c2C)n[nH]c1=O. The largest absolute Gasteiger partial charge is 0.383 e. The summed E-state index contributed by atoms with van der Waals surface area (Å²) in [6.07, 6.45) is 1.39. The Labute approximate surface area is 101 Å². The van der Waals surface area contributed by atoms with Crippen molar-refractivity contribution in [1.29, 1.82) is 0 Å². The van der Waals surface area contributed by atoms with Crippen LogP contribution in [0, 0.1) is 6.92 Å². The minimum absolute atomic E-state index is 0.227. The second kappa shape index (κ2) is 4.58. The van der Waals surface area contributed by atoms with Crippen LogP contribution in [-0.2, 0) is 6.54 Å². The molecular formula is C9H12N6OS. The molecule has 90 valence electrons. The lowest BCUT2D eigenvalue weighted by Gasteiger charge is -2.05. The zero-order valence-electron chi connectivity index (χ0n) is 9.47. The normalized spacial score (nSPS) is 10.7. The predicted octanol–water partition coefficient (Wildman–Crippen LogP) is 0.423. The van der Waals surface area contributed by atoms with Gasteiger partial charge in [0.05, 0.1) is 0 Å². The van der Waals surface area contributed by atoms with Crippen molar-refractivity contribution < 1.29 is 0 Å². The molecule has 0 fully saturated rings. The van der Waals surface area contributed by atoms with E-state index in [1.807, 2.05) is 13.8 Å². The van der Waals surface area contributed by atoms with Gasteiger partial charge in [0.2, 0.25) is 0 Å². The van der Waals surface area contributed by atoms with Crippen molar-refractivity contribution in [3.05, 3.63) is 22.4 Å². The van der Waals surface area contributed by atoms with Gasteiger partial charge in [0.1, 0.15) is 17.2 Å². The molecule has 0 saturated heterocycles. The van der Waals surface area contributed by atoms with E-state index in [1.165, 1.54) is 22.7 Å². The third-order valence-electron chi connectivity index (χ3n) is 2.30. The fourth-order valence-electron chi connectivity index (χ4n) is 1.30. The van der Waals surface area contributed by atoms with E-state index in [1.54, 1.807) is 0 Å². The Kier molecular flexibility index (Phi) is 3.14. The van der Waals surface area contributed by atoms with Crippen LogP contribution in [0.25, 0.3) is 0 Å². The van der Waals surface area contributed by atoms with Gasteiger partial charge in [-0.1, -0.05) is 0 Å². The third-order valence-corrected chi connectivity index (χ3v) is 3.40. The summed E-state index contributed by atoms with van der Waals surface area (Å²) in [6.45, 7) is 4.26. The van der Waals surface area contributed by atoms with Crippen LogP contribution in [-0.4, -0.2) is 24.7 Å². The molecule has 0 aliphatic heterocycles. The number of anilines is 1. The van der Waals surface area contributed by atoms with E-state index < -0.39 is 0 Å². The van der Waals surface area contributed by atoms with Gasteiger partial charge in [-0.25, -0.2) is 19.9 Å². The van der Waals surface area contributed by atoms with E-state index in [0.717, 1.165) is 5.56 Å². The number of aromatic nitrogens is 5. The number of aromatic amines is 1. The first kappa shape index (κ1) is 11.6. The molecule has 2 rings (SSSR count). The quantitative estimate of drug-likeness (QED) is 0.768. The summed E-state index contributed by atoms with van der Waals surface area (Å²) < 4.78 is 1.53. The minimum Gasteiger partial charge on any atom is -0.383 e. The topological polar surface area (TPSA) is 102 Å². The molecule has 2 heterocycles. The average molecular weight is 252 g/mol. The minimum atomic E-state index is -0.227. The van der Waals surface area contributed by atoms with Crippen molar-refractivity contribution in [3.63, 3.8) is 0 Å². The van der Waals surface area contributed by atoms with Gasteiger partial charge >= 0.3 is 5.69 Å². The van der Waals surface area contributed by atoms with E-state index in [4.69, 9.17) is 5.73 Å². The number of hydrogen-bond acceptors (Lipinski definition) is 6. The number of H-pyrrole nitrogens is 1. The van der Waals surface area contributed by atoms with Gasteiger partial charge < -0.3 is 5.73 Å². The predicted molar refractivity (Wildman–Crippen MR) is 63.8 cm³/mol. The standard InChI is InChI=1S/C9H12N6OS/c1-3-15-8(16)13-14-9(15)17-7-5(2)6(10)11-4-12-7/h4H,3H2,1-2H3,(H,13,16)(H2,10,11,12). The van der Waals surface area contributed by atoms with Gasteiger partial charge in [0.15, 0.2) is 5.16 Å². The molecular weight excluding hydrogens is 240 g/mol. The number of nitrogens with zero attached hydrogens (tertiary/aromatic N) is 4. The lowest BCUT2D eigenvalue weighted by atomic mass is 10.4. The van der Waals surface area contributed by atoms with Crippen molar-refractivity contribution in [3.8, 4) is 0 Å². The number of hydrogen-bond donors (Lipinski definition) is 2. The molecule has 0 aliphatic rings. The van der Waals surface area contributed by atoms with E-state index in [9.17, 15) is 4.79 Å². The summed E-state index contributed by atoms with van der Waals surface area (Å²) in [6, 6.07) is 0. The van der Waals surface area contributed by atoms with Crippen molar-refractivity contribution in [2.75, 3.05) is 5.73 Å². The lowest BCUT2D eigenvalue weighted by molar-refractivity contribution is 0.660.